The Hall–Kier alpha value is -0.820. The summed E-state index contributed by atoms with van der Waals surface area (Å²) in [6, 6.07) is 10.6. The van der Waals surface area contributed by atoms with Crippen molar-refractivity contribution >= 4 is 29.9 Å². The molecule has 0 saturated carbocycles. The second-order valence-electron chi connectivity index (χ2n) is 5.31. The van der Waals surface area contributed by atoms with Gasteiger partial charge >= 0.3 is 0 Å². The van der Waals surface area contributed by atoms with Crippen molar-refractivity contribution in [2.45, 2.75) is 46.3 Å². The molecule has 0 radical (unpaired) electrons. The lowest BCUT2D eigenvalue weighted by Gasteiger charge is -2.18. The summed E-state index contributed by atoms with van der Waals surface area (Å²) in [6.45, 7) is 10.7. The highest BCUT2D eigenvalue weighted by Gasteiger charge is 2.06. The zero-order chi connectivity index (χ0) is 15.5. The maximum absolute atomic E-state index is 5.52. The molecule has 0 aliphatic carbocycles. The fourth-order valence-corrected chi connectivity index (χ4v) is 1.92. The number of halogens is 1. The van der Waals surface area contributed by atoms with Crippen LogP contribution in [0.2, 0.25) is 0 Å². The molecule has 0 aliphatic rings. The molecule has 0 amide bonds. The number of nitrogens with zero attached hydrogens (tertiary/aromatic N) is 1. The van der Waals surface area contributed by atoms with Gasteiger partial charge in [-0.2, -0.15) is 0 Å². The zero-order valence-electron chi connectivity index (χ0n) is 14.1. The minimum Gasteiger partial charge on any atom is -0.379 e. The fraction of sp³-hybridized carbons (Fsp3) is 0.588. The van der Waals surface area contributed by atoms with Crippen LogP contribution in [-0.4, -0.2) is 31.8 Å². The molecule has 0 fully saturated rings. The van der Waals surface area contributed by atoms with Crippen molar-refractivity contribution in [1.82, 2.24) is 10.6 Å². The number of ether oxygens (including phenoxy) is 1. The standard InChI is InChI=1S/C17H29N3O.HI/c1-5-18-17(19-12-9-13-21-14(2)3)20-15(4)16-10-7-6-8-11-16;/h6-8,10-11,14-15H,5,9,12-13H2,1-4H3,(H2,18,19,20);1H. The van der Waals surface area contributed by atoms with Gasteiger partial charge in [0, 0.05) is 19.7 Å². The molecular weight excluding hydrogens is 389 g/mol. The quantitative estimate of drug-likeness (QED) is 0.292. The number of rotatable bonds is 8. The van der Waals surface area contributed by atoms with Gasteiger partial charge in [0.2, 0.25) is 0 Å². The fourth-order valence-electron chi connectivity index (χ4n) is 1.92. The molecule has 2 N–H and O–H groups in total. The molecule has 0 saturated heterocycles. The molecule has 1 rings (SSSR count). The van der Waals surface area contributed by atoms with Gasteiger partial charge in [0.25, 0.3) is 0 Å². The van der Waals surface area contributed by atoms with Gasteiger partial charge in [-0.25, -0.2) is 0 Å². The molecule has 0 aliphatic heterocycles. The Morgan fingerprint density at radius 1 is 1.18 bits per heavy atom. The molecule has 0 spiro atoms. The summed E-state index contributed by atoms with van der Waals surface area (Å²) in [4.78, 5) is 4.59. The van der Waals surface area contributed by atoms with Gasteiger partial charge in [-0.05, 0) is 39.7 Å². The van der Waals surface area contributed by atoms with Crippen LogP contribution >= 0.6 is 24.0 Å². The van der Waals surface area contributed by atoms with E-state index in [1.807, 2.05) is 6.07 Å². The van der Waals surface area contributed by atoms with Crippen LogP contribution in [0.15, 0.2) is 35.3 Å². The predicted molar refractivity (Wildman–Crippen MR) is 105 cm³/mol. The summed E-state index contributed by atoms with van der Waals surface area (Å²) >= 11 is 0. The first-order chi connectivity index (χ1) is 10.1. The first-order valence-corrected chi connectivity index (χ1v) is 7.84. The van der Waals surface area contributed by atoms with Gasteiger partial charge in [0.15, 0.2) is 5.96 Å². The molecule has 5 heteroatoms. The second-order valence-corrected chi connectivity index (χ2v) is 5.31. The van der Waals surface area contributed by atoms with E-state index in [0.29, 0.717) is 6.10 Å². The Balaban J connectivity index is 0.00000441. The van der Waals surface area contributed by atoms with E-state index in [1.54, 1.807) is 0 Å². The highest BCUT2D eigenvalue weighted by atomic mass is 127. The smallest absolute Gasteiger partial charge is 0.191 e. The third kappa shape index (κ3) is 9.25. The normalized spacial score (nSPS) is 12.7. The lowest BCUT2D eigenvalue weighted by molar-refractivity contribution is 0.0782. The first kappa shape index (κ1) is 21.2. The molecule has 0 bridgehead atoms. The topological polar surface area (TPSA) is 45.7 Å². The third-order valence-electron chi connectivity index (χ3n) is 3.02. The summed E-state index contributed by atoms with van der Waals surface area (Å²) in [6.07, 6.45) is 1.23. The van der Waals surface area contributed by atoms with Crippen LogP contribution in [0.3, 0.4) is 0 Å². The van der Waals surface area contributed by atoms with Crippen LogP contribution in [-0.2, 0) is 4.74 Å². The van der Waals surface area contributed by atoms with Crippen molar-refractivity contribution in [2.24, 2.45) is 4.99 Å². The number of nitrogens with one attached hydrogen (secondary N) is 2. The van der Waals surface area contributed by atoms with Crippen molar-refractivity contribution in [3.05, 3.63) is 35.9 Å². The van der Waals surface area contributed by atoms with Crippen molar-refractivity contribution in [3.8, 4) is 0 Å². The maximum atomic E-state index is 5.52. The number of guanidine groups is 1. The van der Waals surface area contributed by atoms with Crippen LogP contribution < -0.4 is 10.6 Å². The van der Waals surface area contributed by atoms with Crippen LogP contribution in [0, 0.1) is 0 Å². The average Bonchev–Trinajstić information content (AvgIpc) is 2.47. The van der Waals surface area contributed by atoms with E-state index >= 15 is 0 Å². The summed E-state index contributed by atoms with van der Waals surface area (Å²) in [5.74, 6) is 0.860. The Morgan fingerprint density at radius 3 is 2.45 bits per heavy atom. The Morgan fingerprint density at radius 2 is 1.86 bits per heavy atom. The van der Waals surface area contributed by atoms with Gasteiger partial charge in [-0.3, -0.25) is 4.99 Å². The molecule has 126 valence electrons. The molecule has 0 aromatic heterocycles. The van der Waals surface area contributed by atoms with Crippen LogP contribution in [0.25, 0.3) is 0 Å². The number of hydrogen-bond donors (Lipinski definition) is 2. The van der Waals surface area contributed by atoms with Gasteiger partial charge < -0.3 is 15.4 Å². The summed E-state index contributed by atoms with van der Waals surface area (Å²) < 4.78 is 5.52. The highest BCUT2D eigenvalue weighted by molar-refractivity contribution is 14.0. The van der Waals surface area contributed by atoms with Crippen LogP contribution in [0.5, 0.6) is 0 Å². The maximum Gasteiger partial charge on any atom is 0.191 e. The molecule has 1 unspecified atom stereocenters. The molecule has 1 aromatic carbocycles. The van der Waals surface area contributed by atoms with Crippen molar-refractivity contribution in [1.29, 1.82) is 0 Å². The lowest BCUT2D eigenvalue weighted by Crippen LogP contribution is -2.38. The molecule has 22 heavy (non-hydrogen) atoms. The van der Waals surface area contributed by atoms with E-state index in [-0.39, 0.29) is 30.0 Å². The zero-order valence-corrected chi connectivity index (χ0v) is 16.5. The lowest BCUT2D eigenvalue weighted by atomic mass is 10.1. The van der Waals surface area contributed by atoms with E-state index in [9.17, 15) is 0 Å². The number of hydrogen-bond acceptors (Lipinski definition) is 2. The van der Waals surface area contributed by atoms with Gasteiger partial charge in [0.05, 0.1) is 12.1 Å². The predicted octanol–water partition coefficient (Wildman–Crippen LogP) is 3.74. The number of benzene rings is 1. The van der Waals surface area contributed by atoms with Crippen LogP contribution in [0.4, 0.5) is 0 Å². The summed E-state index contributed by atoms with van der Waals surface area (Å²) in [5, 5.41) is 6.71. The highest BCUT2D eigenvalue weighted by Crippen LogP contribution is 2.10. The van der Waals surface area contributed by atoms with Crippen molar-refractivity contribution < 1.29 is 4.74 Å². The van der Waals surface area contributed by atoms with Crippen molar-refractivity contribution in [2.75, 3.05) is 19.7 Å². The van der Waals surface area contributed by atoms with E-state index in [0.717, 1.165) is 32.1 Å². The minimum atomic E-state index is 0. The first-order valence-electron chi connectivity index (χ1n) is 7.84. The van der Waals surface area contributed by atoms with E-state index in [4.69, 9.17) is 4.74 Å². The molecule has 1 aromatic rings. The molecule has 0 heterocycles. The Kier molecular flexibility index (Phi) is 12.2. The summed E-state index contributed by atoms with van der Waals surface area (Å²) in [7, 11) is 0. The monoisotopic (exact) mass is 419 g/mol. The molecule has 4 nitrogen and oxygen atoms in total. The minimum absolute atomic E-state index is 0. The summed E-state index contributed by atoms with van der Waals surface area (Å²) in [5.41, 5.74) is 1.26. The molecular formula is C17H30IN3O. The average molecular weight is 419 g/mol. The SMILES string of the molecule is CCNC(=NCCCOC(C)C)NC(C)c1ccccc1.I. The van der Waals surface area contributed by atoms with Crippen LogP contribution in [0.1, 0.15) is 45.7 Å². The van der Waals surface area contributed by atoms with E-state index in [1.165, 1.54) is 5.56 Å². The van der Waals surface area contributed by atoms with Gasteiger partial charge in [-0.15, -0.1) is 24.0 Å². The van der Waals surface area contributed by atoms with Crippen molar-refractivity contribution in [3.63, 3.8) is 0 Å². The second kappa shape index (κ2) is 12.7. The molecule has 1 atom stereocenters. The third-order valence-corrected chi connectivity index (χ3v) is 3.02. The number of aliphatic imine (C=N–C) groups is 1. The van der Waals surface area contributed by atoms with E-state index < -0.39 is 0 Å². The van der Waals surface area contributed by atoms with E-state index in [2.05, 4.69) is 67.6 Å². The Labute approximate surface area is 152 Å². The van der Waals surface area contributed by atoms with Gasteiger partial charge in [0.1, 0.15) is 0 Å². The Bertz CT molecular complexity index is 410. The van der Waals surface area contributed by atoms with Gasteiger partial charge in [-0.1, -0.05) is 30.3 Å². The largest absolute Gasteiger partial charge is 0.379 e.